The van der Waals surface area contributed by atoms with Gasteiger partial charge < -0.3 is 14.8 Å². The molecule has 0 unspecified atom stereocenters. The summed E-state index contributed by atoms with van der Waals surface area (Å²) >= 11 is 0. The molecule has 150 valence electrons. The summed E-state index contributed by atoms with van der Waals surface area (Å²) in [5.41, 5.74) is 5.43. The van der Waals surface area contributed by atoms with E-state index in [1.165, 1.54) is 22.3 Å². The number of aryl methyl sites for hydroxylation is 1. The summed E-state index contributed by atoms with van der Waals surface area (Å²) < 4.78 is 11.1. The molecular weight excluding hydrogens is 358 g/mol. The van der Waals surface area contributed by atoms with Crippen LogP contribution in [-0.4, -0.2) is 20.3 Å². The lowest BCUT2D eigenvalue weighted by Gasteiger charge is -2.35. The maximum absolute atomic E-state index is 5.54. The molecule has 0 heterocycles. The van der Waals surface area contributed by atoms with Crippen LogP contribution >= 0.6 is 0 Å². The van der Waals surface area contributed by atoms with Gasteiger partial charge in [-0.05, 0) is 54.2 Å². The molecule has 0 aromatic heterocycles. The number of para-hydroxylation sites is 1. The molecule has 0 amide bonds. The van der Waals surface area contributed by atoms with Crippen LogP contribution in [0.25, 0.3) is 0 Å². The summed E-state index contributed by atoms with van der Waals surface area (Å²) in [4.78, 5) is 0. The van der Waals surface area contributed by atoms with Gasteiger partial charge in [-0.2, -0.15) is 0 Å². The maximum Gasteiger partial charge on any atom is 0.123 e. The Morgan fingerprint density at radius 3 is 2.48 bits per heavy atom. The molecule has 0 saturated heterocycles. The van der Waals surface area contributed by atoms with Crippen LogP contribution < -0.4 is 14.8 Å². The van der Waals surface area contributed by atoms with Crippen molar-refractivity contribution in [2.45, 2.75) is 37.8 Å². The van der Waals surface area contributed by atoms with Gasteiger partial charge in [0, 0.05) is 24.1 Å². The Hall–Kier alpha value is -2.78. The van der Waals surface area contributed by atoms with Crippen LogP contribution in [0.1, 0.15) is 34.6 Å². The fraction of sp³-hybridized carbons (Fsp3) is 0.308. The van der Waals surface area contributed by atoms with Crippen molar-refractivity contribution in [3.8, 4) is 11.5 Å². The molecule has 0 radical (unpaired) electrons. The standard InChI is InChI=1S/C26H29NO2/c1-28-22-14-12-20-13-15-25(27-18-21-10-6-7-11-26(21)29-2)24(23(20)17-22)16-19-8-4-3-5-9-19/h3-12,14,17,24-25,27H,13,15-16,18H2,1-2H3/t24-,25+/m0/s1. The van der Waals surface area contributed by atoms with Crippen molar-refractivity contribution in [2.24, 2.45) is 0 Å². The predicted octanol–water partition coefficient (Wildman–Crippen LogP) is 5.13. The van der Waals surface area contributed by atoms with E-state index in [4.69, 9.17) is 9.47 Å². The van der Waals surface area contributed by atoms with E-state index in [0.717, 1.165) is 37.3 Å². The molecule has 3 aromatic carbocycles. The highest BCUT2D eigenvalue weighted by atomic mass is 16.5. The van der Waals surface area contributed by atoms with Gasteiger partial charge in [0.1, 0.15) is 11.5 Å². The van der Waals surface area contributed by atoms with E-state index in [1.807, 2.05) is 12.1 Å². The first-order chi connectivity index (χ1) is 14.3. The lowest BCUT2D eigenvalue weighted by Crippen LogP contribution is -2.39. The fourth-order valence-electron chi connectivity index (χ4n) is 4.46. The number of rotatable bonds is 7. The van der Waals surface area contributed by atoms with Crippen molar-refractivity contribution in [1.29, 1.82) is 0 Å². The van der Waals surface area contributed by atoms with Crippen molar-refractivity contribution < 1.29 is 9.47 Å². The van der Waals surface area contributed by atoms with Gasteiger partial charge in [0.05, 0.1) is 14.2 Å². The first-order valence-corrected chi connectivity index (χ1v) is 10.3. The molecule has 1 N–H and O–H groups in total. The summed E-state index contributed by atoms with van der Waals surface area (Å²) in [5.74, 6) is 2.29. The lowest BCUT2D eigenvalue weighted by molar-refractivity contribution is 0.369. The van der Waals surface area contributed by atoms with Crippen molar-refractivity contribution in [2.75, 3.05) is 14.2 Å². The van der Waals surface area contributed by atoms with Crippen LogP contribution in [0.5, 0.6) is 11.5 Å². The summed E-state index contributed by atoms with van der Waals surface area (Å²) in [5, 5.41) is 3.84. The number of benzene rings is 3. The van der Waals surface area contributed by atoms with Gasteiger partial charge in [-0.15, -0.1) is 0 Å². The minimum absolute atomic E-state index is 0.403. The molecule has 1 aliphatic carbocycles. The highest BCUT2D eigenvalue weighted by Crippen LogP contribution is 2.37. The second-order valence-electron chi connectivity index (χ2n) is 7.70. The third-order valence-corrected chi connectivity index (χ3v) is 6.01. The topological polar surface area (TPSA) is 30.5 Å². The van der Waals surface area contributed by atoms with Crippen LogP contribution in [0.15, 0.2) is 72.8 Å². The molecule has 3 heteroatoms. The Bertz CT molecular complexity index is 938. The molecule has 0 spiro atoms. The molecule has 0 aliphatic heterocycles. The average Bonchev–Trinajstić information content (AvgIpc) is 2.79. The monoisotopic (exact) mass is 387 g/mol. The Balaban J connectivity index is 1.61. The molecule has 3 aromatic rings. The number of methoxy groups -OCH3 is 2. The quantitative estimate of drug-likeness (QED) is 0.609. The lowest BCUT2D eigenvalue weighted by atomic mass is 9.76. The second-order valence-corrected chi connectivity index (χ2v) is 7.70. The summed E-state index contributed by atoms with van der Waals surface area (Å²) in [6.45, 7) is 0.805. The zero-order valence-electron chi connectivity index (χ0n) is 17.2. The van der Waals surface area contributed by atoms with Gasteiger partial charge in [0.15, 0.2) is 0 Å². The number of hydrogen-bond donors (Lipinski definition) is 1. The van der Waals surface area contributed by atoms with Crippen molar-refractivity contribution in [1.82, 2.24) is 5.32 Å². The van der Waals surface area contributed by atoms with E-state index in [-0.39, 0.29) is 0 Å². The van der Waals surface area contributed by atoms with Crippen LogP contribution in [0.4, 0.5) is 0 Å². The van der Waals surface area contributed by atoms with Gasteiger partial charge in [-0.1, -0.05) is 54.6 Å². The highest BCUT2D eigenvalue weighted by Gasteiger charge is 2.30. The minimum atomic E-state index is 0.403. The minimum Gasteiger partial charge on any atom is -0.497 e. The number of fused-ring (bicyclic) bond motifs is 1. The van der Waals surface area contributed by atoms with Crippen LogP contribution in [-0.2, 0) is 19.4 Å². The third kappa shape index (κ3) is 4.46. The zero-order chi connectivity index (χ0) is 20.1. The van der Waals surface area contributed by atoms with E-state index < -0.39 is 0 Å². The van der Waals surface area contributed by atoms with Crippen molar-refractivity contribution in [3.05, 3.63) is 95.1 Å². The normalized spacial score (nSPS) is 18.1. The number of hydrogen-bond acceptors (Lipinski definition) is 3. The first-order valence-electron chi connectivity index (χ1n) is 10.3. The van der Waals surface area contributed by atoms with Gasteiger partial charge in [-0.25, -0.2) is 0 Å². The average molecular weight is 388 g/mol. The number of ether oxygens (including phenoxy) is 2. The van der Waals surface area contributed by atoms with E-state index in [9.17, 15) is 0 Å². The largest absolute Gasteiger partial charge is 0.497 e. The van der Waals surface area contributed by atoms with Crippen molar-refractivity contribution in [3.63, 3.8) is 0 Å². The van der Waals surface area contributed by atoms with Crippen LogP contribution in [0, 0.1) is 0 Å². The van der Waals surface area contributed by atoms with E-state index in [1.54, 1.807) is 14.2 Å². The molecule has 1 aliphatic rings. The van der Waals surface area contributed by atoms with Crippen LogP contribution in [0.3, 0.4) is 0 Å². The van der Waals surface area contributed by atoms with Gasteiger partial charge >= 0.3 is 0 Å². The number of nitrogens with one attached hydrogen (secondary N) is 1. The van der Waals surface area contributed by atoms with Crippen molar-refractivity contribution >= 4 is 0 Å². The maximum atomic E-state index is 5.54. The Morgan fingerprint density at radius 2 is 1.69 bits per heavy atom. The Morgan fingerprint density at radius 1 is 0.897 bits per heavy atom. The molecule has 0 fully saturated rings. The first kappa shape index (κ1) is 19.5. The van der Waals surface area contributed by atoms with E-state index in [0.29, 0.717) is 12.0 Å². The van der Waals surface area contributed by atoms with Gasteiger partial charge in [0.25, 0.3) is 0 Å². The van der Waals surface area contributed by atoms with E-state index in [2.05, 4.69) is 66.0 Å². The molecule has 2 atom stereocenters. The smallest absolute Gasteiger partial charge is 0.123 e. The predicted molar refractivity (Wildman–Crippen MR) is 118 cm³/mol. The highest BCUT2D eigenvalue weighted by molar-refractivity contribution is 5.42. The second kappa shape index (κ2) is 9.15. The fourth-order valence-corrected chi connectivity index (χ4v) is 4.46. The SMILES string of the molecule is COc1ccc2c(c1)[C@H](Cc1ccccc1)[C@H](NCc1ccccc1OC)CC2. The summed E-state index contributed by atoms with van der Waals surface area (Å²) in [7, 11) is 3.48. The van der Waals surface area contributed by atoms with E-state index >= 15 is 0 Å². The molecular formula is C26H29NO2. The summed E-state index contributed by atoms with van der Waals surface area (Å²) in [6.07, 6.45) is 3.24. The molecule has 3 nitrogen and oxygen atoms in total. The Kier molecular flexibility index (Phi) is 6.16. The van der Waals surface area contributed by atoms with Gasteiger partial charge in [0.2, 0.25) is 0 Å². The Labute approximate surface area is 173 Å². The third-order valence-electron chi connectivity index (χ3n) is 6.01. The molecule has 0 bridgehead atoms. The van der Waals surface area contributed by atoms with Gasteiger partial charge in [-0.3, -0.25) is 0 Å². The summed E-state index contributed by atoms with van der Waals surface area (Å²) in [6, 6.07) is 26.0. The zero-order valence-corrected chi connectivity index (χ0v) is 17.2. The molecule has 29 heavy (non-hydrogen) atoms. The molecule has 0 saturated carbocycles. The van der Waals surface area contributed by atoms with Crippen LogP contribution in [0.2, 0.25) is 0 Å². The molecule has 4 rings (SSSR count).